The van der Waals surface area contributed by atoms with Gasteiger partial charge in [0.2, 0.25) is 0 Å². The summed E-state index contributed by atoms with van der Waals surface area (Å²) in [6, 6.07) is 35.5. The molecule has 126 valence electrons. The Bertz CT molecular complexity index is 1050. The Morgan fingerprint density at radius 1 is 0.692 bits per heavy atom. The molecule has 0 bridgehead atoms. The Morgan fingerprint density at radius 2 is 1.42 bits per heavy atom. The van der Waals surface area contributed by atoms with Crippen LogP contribution in [0.3, 0.4) is 0 Å². The lowest BCUT2D eigenvalue weighted by Gasteiger charge is -2.28. The second-order valence-electron chi connectivity index (χ2n) is 7.08. The second kappa shape index (κ2) is 6.34. The third-order valence-corrected chi connectivity index (χ3v) is 5.39. The quantitative estimate of drug-likeness (QED) is 0.434. The largest absolute Gasteiger partial charge is 0.337 e. The number of nitrogens with zero attached hydrogens (tertiary/aromatic N) is 1. The zero-order valence-corrected chi connectivity index (χ0v) is 14.7. The lowest BCUT2D eigenvalue weighted by Crippen LogP contribution is -2.29. The van der Waals surface area contributed by atoms with E-state index in [0.29, 0.717) is 6.04 Å². The van der Waals surface area contributed by atoms with Gasteiger partial charge in [0.1, 0.15) is 0 Å². The maximum absolute atomic E-state index is 2.52. The molecule has 5 rings (SSSR count). The molecular weight excluding hydrogens is 314 g/mol. The molecule has 0 spiro atoms. The molecule has 0 aromatic heterocycles. The molecule has 1 atom stereocenters. The molecule has 1 heteroatoms. The van der Waals surface area contributed by atoms with Crippen molar-refractivity contribution in [3.63, 3.8) is 0 Å². The summed E-state index contributed by atoms with van der Waals surface area (Å²) < 4.78 is 0. The van der Waals surface area contributed by atoms with Gasteiger partial charge in [-0.2, -0.15) is 0 Å². The molecule has 1 aliphatic heterocycles. The van der Waals surface area contributed by atoms with E-state index in [2.05, 4.69) is 102 Å². The van der Waals surface area contributed by atoms with Gasteiger partial charge in [0.05, 0.1) is 0 Å². The Kier molecular flexibility index (Phi) is 3.71. The van der Waals surface area contributed by atoms with Crippen LogP contribution >= 0.6 is 0 Å². The summed E-state index contributed by atoms with van der Waals surface area (Å²) in [5.41, 5.74) is 5.48. The molecule has 0 amide bonds. The Labute approximate surface area is 154 Å². The first-order valence-corrected chi connectivity index (χ1v) is 9.28. The highest BCUT2D eigenvalue weighted by Gasteiger charge is 2.30. The van der Waals surface area contributed by atoms with Crippen molar-refractivity contribution in [3.8, 4) is 0 Å². The minimum Gasteiger partial charge on any atom is -0.337 e. The fourth-order valence-corrected chi connectivity index (χ4v) is 4.20. The van der Waals surface area contributed by atoms with Crippen molar-refractivity contribution < 1.29 is 0 Å². The molecule has 4 aromatic rings. The zero-order chi connectivity index (χ0) is 17.3. The van der Waals surface area contributed by atoms with Crippen molar-refractivity contribution in [2.45, 2.75) is 18.9 Å². The highest BCUT2D eigenvalue weighted by atomic mass is 15.2. The van der Waals surface area contributed by atoms with Gasteiger partial charge in [-0.1, -0.05) is 78.9 Å². The zero-order valence-electron chi connectivity index (χ0n) is 14.7. The molecule has 0 aliphatic carbocycles. The predicted molar refractivity (Wildman–Crippen MR) is 110 cm³/mol. The standard InChI is InChI=1S/C25H21N/c1-2-11-23(12-3-1)26-24(18-22-10-6-7-13-25(22)26)17-19-14-15-20-8-4-5-9-21(20)16-19/h1-16,24H,17-18H2. The van der Waals surface area contributed by atoms with E-state index >= 15 is 0 Å². The number of hydrogen-bond donors (Lipinski definition) is 0. The monoisotopic (exact) mass is 335 g/mol. The second-order valence-corrected chi connectivity index (χ2v) is 7.08. The van der Waals surface area contributed by atoms with E-state index in [1.165, 1.54) is 33.3 Å². The van der Waals surface area contributed by atoms with Crippen LogP contribution in [0.2, 0.25) is 0 Å². The Balaban J connectivity index is 1.52. The van der Waals surface area contributed by atoms with Crippen molar-refractivity contribution in [1.82, 2.24) is 0 Å². The third-order valence-electron chi connectivity index (χ3n) is 5.39. The van der Waals surface area contributed by atoms with Crippen LogP contribution < -0.4 is 4.90 Å². The van der Waals surface area contributed by atoms with E-state index in [1.54, 1.807) is 0 Å². The van der Waals surface area contributed by atoms with E-state index in [-0.39, 0.29) is 0 Å². The number of anilines is 2. The number of para-hydroxylation sites is 2. The van der Waals surface area contributed by atoms with Gasteiger partial charge >= 0.3 is 0 Å². The number of rotatable bonds is 3. The fourth-order valence-electron chi connectivity index (χ4n) is 4.20. The minimum absolute atomic E-state index is 0.455. The SMILES string of the molecule is c1ccc(N2c3ccccc3CC2Cc2ccc3ccccc3c2)cc1. The third kappa shape index (κ3) is 2.66. The summed E-state index contributed by atoms with van der Waals surface area (Å²) >= 11 is 0. The van der Waals surface area contributed by atoms with Crippen LogP contribution in [-0.2, 0) is 12.8 Å². The highest BCUT2D eigenvalue weighted by Crippen LogP contribution is 2.39. The normalized spacial score (nSPS) is 16.0. The van der Waals surface area contributed by atoms with Crippen molar-refractivity contribution in [2.24, 2.45) is 0 Å². The molecule has 1 unspecified atom stereocenters. The van der Waals surface area contributed by atoms with E-state index in [0.717, 1.165) is 12.8 Å². The average Bonchev–Trinajstić information content (AvgIpc) is 3.06. The molecule has 0 saturated carbocycles. The first kappa shape index (κ1) is 15.2. The van der Waals surface area contributed by atoms with Crippen LogP contribution in [-0.4, -0.2) is 6.04 Å². The van der Waals surface area contributed by atoms with Crippen molar-refractivity contribution in [2.75, 3.05) is 4.90 Å². The summed E-state index contributed by atoms with van der Waals surface area (Å²) in [7, 11) is 0. The van der Waals surface area contributed by atoms with E-state index in [9.17, 15) is 0 Å². The number of hydrogen-bond acceptors (Lipinski definition) is 1. The Hall–Kier alpha value is -3.06. The smallest absolute Gasteiger partial charge is 0.0446 e. The summed E-state index contributed by atoms with van der Waals surface area (Å²) in [6.07, 6.45) is 2.15. The maximum atomic E-state index is 2.52. The lowest BCUT2D eigenvalue weighted by atomic mass is 9.99. The molecule has 1 aliphatic rings. The van der Waals surface area contributed by atoms with Crippen molar-refractivity contribution in [3.05, 3.63) is 108 Å². The van der Waals surface area contributed by atoms with Crippen LogP contribution in [0.15, 0.2) is 97.1 Å². The number of fused-ring (bicyclic) bond motifs is 2. The molecule has 0 saturated heterocycles. The van der Waals surface area contributed by atoms with Crippen LogP contribution in [0, 0.1) is 0 Å². The topological polar surface area (TPSA) is 3.24 Å². The predicted octanol–water partition coefficient (Wildman–Crippen LogP) is 6.15. The van der Waals surface area contributed by atoms with Crippen LogP contribution in [0.5, 0.6) is 0 Å². The van der Waals surface area contributed by atoms with Crippen LogP contribution in [0.4, 0.5) is 11.4 Å². The molecule has 4 aromatic carbocycles. The molecule has 1 heterocycles. The molecule has 0 radical (unpaired) electrons. The van der Waals surface area contributed by atoms with Gasteiger partial charge in [0.15, 0.2) is 0 Å². The van der Waals surface area contributed by atoms with E-state index < -0.39 is 0 Å². The molecular formula is C25H21N. The lowest BCUT2D eigenvalue weighted by molar-refractivity contribution is 0.683. The number of benzene rings is 4. The van der Waals surface area contributed by atoms with Gasteiger partial charge in [0.25, 0.3) is 0 Å². The van der Waals surface area contributed by atoms with Gasteiger partial charge in [0, 0.05) is 17.4 Å². The first-order chi connectivity index (χ1) is 12.9. The van der Waals surface area contributed by atoms with Crippen molar-refractivity contribution in [1.29, 1.82) is 0 Å². The van der Waals surface area contributed by atoms with Gasteiger partial charge in [-0.15, -0.1) is 0 Å². The van der Waals surface area contributed by atoms with Crippen LogP contribution in [0.1, 0.15) is 11.1 Å². The van der Waals surface area contributed by atoms with Gasteiger partial charge in [-0.25, -0.2) is 0 Å². The van der Waals surface area contributed by atoms with Gasteiger partial charge in [-0.05, 0) is 52.9 Å². The highest BCUT2D eigenvalue weighted by molar-refractivity contribution is 5.83. The molecule has 26 heavy (non-hydrogen) atoms. The van der Waals surface area contributed by atoms with Crippen LogP contribution in [0.25, 0.3) is 10.8 Å². The van der Waals surface area contributed by atoms with Gasteiger partial charge < -0.3 is 4.90 Å². The minimum atomic E-state index is 0.455. The summed E-state index contributed by atoms with van der Waals surface area (Å²) in [5.74, 6) is 0. The fraction of sp³-hybridized carbons (Fsp3) is 0.120. The molecule has 0 N–H and O–H groups in total. The molecule has 0 fully saturated rings. The van der Waals surface area contributed by atoms with Gasteiger partial charge in [-0.3, -0.25) is 0 Å². The Morgan fingerprint density at radius 3 is 2.31 bits per heavy atom. The van der Waals surface area contributed by atoms with Crippen molar-refractivity contribution >= 4 is 22.1 Å². The maximum Gasteiger partial charge on any atom is 0.0446 e. The van der Waals surface area contributed by atoms with E-state index in [4.69, 9.17) is 0 Å². The average molecular weight is 335 g/mol. The van der Waals surface area contributed by atoms with E-state index in [1.807, 2.05) is 0 Å². The first-order valence-electron chi connectivity index (χ1n) is 9.28. The molecule has 1 nitrogen and oxygen atoms in total. The summed E-state index contributed by atoms with van der Waals surface area (Å²) in [5, 5.41) is 2.64. The summed E-state index contributed by atoms with van der Waals surface area (Å²) in [4.78, 5) is 2.52. The summed E-state index contributed by atoms with van der Waals surface area (Å²) in [6.45, 7) is 0.